The Bertz CT molecular complexity index is 900. The summed E-state index contributed by atoms with van der Waals surface area (Å²) >= 11 is 0. The molecule has 3 aromatic rings. The van der Waals surface area contributed by atoms with Crippen molar-refractivity contribution in [3.05, 3.63) is 54.6 Å². The number of hydrogen-bond acceptors (Lipinski definition) is 4. The molecule has 1 aliphatic heterocycles. The minimum absolute atomic E-state index is 0.0195. The molecule has 7 heteroatoms. The number of nitrogens with zero attached hydrogens (tertiary/aromatic N) is 4. The molecule has 1 aliphatic rings. The zero-order chi connectivity index (χ0) is 17.9. The molecule has 4 heterocycles. The molecule has 0 saturated carbocycles. The molecule has 2 atom stereocenters. The van der Waals surface area contributed by atoms with Gasteiger partial charge in [-0.05, 0) is 31.4 Å². The number of carbonyl (C=O) groups is 1. The van der Waals surface area contributed by atoms with E-state index in [2.05, 4.69) is 22.2 Å². The fourth-order valence-electron chi connectivity index (χ4n) is 3.54. The first-order valence-corrected chi connectivity index (χ1v) is 9.07. The van der Waals surface area contributed by atoms with E-state index in [1.807, 2.05) is 39.7 Å². The van der Waals surface area contributed by atoms with Gasteiger partial charge in [-0.25, -0.2) is 9.97 Å². The van der Waals surface area contributed by atoms with Crippen LogP contribution in [0.25, 0.3) is 5.52 Å². The highest BCUT2D eigenvalue weighted by atomic mass is 16.5. The van der Waals surface area contributed by atoms with Crippen molar-refractivity contribution in [2.45, 2.75) is 39.0 Å². The number of pyridine rings is 1. The number of nitrogens with one attached hydrogen (secondary N) is 1. The van der Waals surface area contributed by atoms with Crippen LogP contribution >= 0.6 is 0 Å². The van der Waals surface area contributed by atoms with Gasteiger partial charge in [0.05, 0.1) is 24.0 Å². The van der Waals surface area contributed by atoms with Gasteiger partial charge in [0.15, 0.2) is 0 Å². The van der Waals surface area contributed by atoms with Crippen LogP contribution in [0.5, 0.6) is 0 Å². The lowest BCUT2D eigenvalue weighted by Gasteiger charge is -2.30. The Kier molecular flexibility index (Phi) is 4.71. The van der Waals surface area contributed by atoms with Crippen molar-refractivity contribution in [2.75, 3.05) is 6.61 Å². The summed E-state index contributed by atoms with van der Waals surface area (Å²) in [7, 11) is 0. The van der Waals surface area contributed by atoms with Gasteiger partial charge in [-0.3, -0.25) is 4.79 Å². The number of ether oxygens (including phenoxy) is 1. The summed E-state index contributed by atoms with van der Waals surface area (Å²) in [5.41, 5.74) is 2.07. The SMILES string of the molecule is CCn1ccnc1[C@@H]1OCCC[C@H]1C(=O)NCc1ccc2cncn2c1. The lowest BCUT2D eigenvalue weighted by atomic mass is 9.92. The Morgan fingerprint density at radius 3 is 3.23 bits per heavy atom. The minimum Gasteiger partial charge on any atom is -0.369 e. The summed E-state index contributed by atoms with van der Waals surface area (Å²) in [5, 5.41) is 3.07. The van der Waals surface area contributed by atoms with Crippen LogP contribution in [-0.4, -0.2) is 31.4 Å². The Balaban J connectivity index is 1.46. The van der Waals surface area contributed by atoms with Crippen molar-refractivity contribution >= 4 is 11.4 Å². The van der Waals surface area contributed by atoms with Crippen molar-refractivity contribution in [1.82, 2.24) is 24.3 Å². The van der Waals surface area contributed by atoms with E-state index in [4.69, 9.17) is 4.74 Å². The average molecular weight is 353 g/mol. The number of rotatable bonds is 5. The molecule has 0 radical (unpaired) electrons. The van der Waals surface area contributed by atoms with Crippen molar-refractivity contribution in [3.8, 4) is 0 Å². The van der Waals surface area contributed by atoms with Crippen LogP contribution in [0.1, 0.15) is 37.3 Å². The molecule has 4 rings (SSSR count). The van der Waals surface area contributed by atoms with Gasteiger partial charge in [0, 0.05) is 38.3 Å². The molecule has 7 nitrogen and oxygen atoms in total. The smallest absolute Gasteiger partial charge is 0.226 e. The summed E-state index contributed by atoms with van der Waals surface area (Å²) in [6.45, 7) is 4.03. The lowest BCUT2D eigenvalue weighted by Crippen LogP contribution is -2.38. The highest BCUT2D eigenvalue weighted by Crippen LogP contribution is 2.33. The Morgan fingerprint density at radius 2 is 2.35 bits per heavy atom. The quantitative estimate of drug-likeness (QED) is 0.764. The summed E-state index contributed by atoms with van der Waals surface area (Å²) in [6.07, 6.45) is 10.7. The van der Waals surface area contributed by atoms with Crippen molar-refractivity contribution in [2.24, 2.45) is 5.92 Å². The maximum atomic E-state index is 12.8. The normalized spacial score (nSPS) is 20.3. The topological polar surface area (TPSA) is 73.5 Å². The maximum absolute atomic E-state index is 12.8. The monoisotopic (exact) mass is 353 g/mol. The van der Waals surface area contributed by atoms with E-state index in [-0.39, 0.29) is 17.9 Å². The minimum atomic E-state index is -0.283. The van der Waals surface area contributed by atoms with E-state index in [0.29, 0.717) is 13.2 Å². The number of aromatic nitrogens is 4. The average Bonchev–Trinajstić information content (AvgIpc) is 3.34. The first-order chi connectivity index (χ1) is 12.8. The van der Waals surface area contributed by atoms with Gasteiger partial charge in [-0.15, -0.1) is 0 Å². The van der Waals surface area contributed by atoms with Crippen LogP contribution in [0.3, 0.4) is 0 Å². The van der Waals surface area contributed by atoms with Gasteiger partial charge in [0.2, 0.25) is 5.91 Å². The fourth-order valence-corrected chi connectivity index (χ4v) is 3.54. The Hall–Kier alpha value is -2.67. The third-order valence-corrected chi connectivity index (χ3v) is 4.94. The van der Waals surface area contributed by atoms with Gasteiger partial charge in [-0.1, -0.05) is 6.07 Å². The second-order valence-corrected chi connectivity index (χ2v) is 6.59. The molecular formula is C19H23N5O2. The molecule has 1 saturated heterocycles. The summed E-state index contributed by atoms with van der Waals surface area (Å²) in [4.78, 5) is 21.4. The molecule has 0 aliphatic carbocycles. The van der Waals surface area contributed by atoms with Gasteiger partial charge in [-0.2, -0.15) is 0 Å². The molecule has 1 amide bonds. The molecule has 1 fully saturated rings. The molecule has 0 unspecified atom stereocenters. The largest absolute Gasteiger partial charge is 0.369 e. The van der Waals surface area contributed by atoms with Crippen molar-refractivity contribution < 1.29 is 9.53 Å². The second-order valence-electron chi connectivity index (χ2n) is 6.59. The second kappa shape index (κ2) is 7.29. The van der Waals surface area contributed by atoms with Crippen molar-refractivity contribution in [3.63, 3.8) is 0 Å². The van der Waals surface area contributed by atoms with E-state index in [1.165, 1.54) is 0 Å². The van der Waals surface area contributed by atoms with E-state index in [0.717, 1.165) is 36.3 Å². The van der Waals surface area contributed by atoms with Gasteiger partial charge in [0.1, 0.15) is 11.9 Å². The molecule has 3 aromatic heterocycles. The third-order valence-electron chi connectivity index (χ3n) is 4.94. The van der Waals surface area contributed by atoms with E-state index in [1.54, 1.807) is 12.5 Å². The van der Waals surface area contributed by atoms with E-state index < -0.39 is 0 Å². The first kappa shape index (κ1) is 16.8. The first-order valence-electron chi connectivity index (χ1n) is 9.07. The molecule has 0 aromatic carbocycles. The highest BCUT2D eigenvalue weighted by Gasteiger charge is 2.35. The number of hydrogen-bond donors (Lipinski definition) is 1. The van der Waals surface area contributed by atoms with Gasteiger partial charge in [0.25, 0.3) is 0 Å². The summed E-state index contributed by atoms with van der Waals surface area (Å²) < 4.78 is 9.94. The Labute approximate surface area is 152 Å². The van der Waals surface area contributed by atoms with Gasteiger partial charge >= 0.3 is 0 Å². The zero-order valence-electron chi connectivity index (χ0n) is 14.8. The molecular weight excluding hydrogens is 330 g/mol. The number of carbonyl (C=O) groups excluding carboxylic acids is 1. The number of fused-ring (bicyclic) bond motifs is 1. The molecule has 136 valence electrons. The van der Waals surface area contributed by atoms with Gasteiger partial charge < -0.3 is 19.0 Å². The Morgan fingerprint density at radius 1 is 1.42 bits per heavy atom. The summed E-state index contributed by atoms with van der Waals surface area (Å²) in [6, 6.07) is 4.01. The van der Waals surface area contributed by atoms with Crippen LogP contribution < -0.4 is 5.32 Å². The number of amides is 1. The van der Waals surface area contributed by atoms with Crippen LogP contribution in [0.15, 0.2) is 43.2 Å². The maximum Gasteiger partial charge on any atom is 0.226 e. The van der Waals surface area contributed by atoms with Crippen LogP contribution in [0.2, 0.25) is 0 Å². The number of imidazole rings is 2. The van der Waals surface area contributed by atoms with Crippen LogP contribution in [-0.2, 0) is 22.6 Å². The molecule has 26 heavy (non-hydrogen) atoms. The predicted molar refractivity (Wildman–Crippen MR) is 96.4 cm³/mol. The lowest BCUT2D eigenvalue weighted by molar-refractivity contribution is -0.135. The zero-order valence-corrected chi connectivity index (χ0v) is 14.8. The fraction of sp³-hybridized carbons (Fsp3) is 0.421. The number of aryl methyl sites for hydroxylation is 1. The summed E-state index contributed by atoms with van der Waals surface area (Å²) in [5.74, 6) is 0.645. The molecule has 0 bridgehead atoms. The van der Waals surface area contributed by atoms with Crippen LogP contribution in [0.4, 0.5) is 0 Å². The van der Waals surface area contributed by atoms with Crippen molar-refractivity contribution in [1.29, 1.82) is 0 Å². The highest BCUT2D eigenvalue weighted by molar-refractivity contribution is 5.79. The predicted octanol–water partition coefficient (Wildman–Crippen LogP) is 2.33. The van der Waals surface area contributed by atoms with Crippen LogP contribution in [0, 0.1) is 5.92 Å². The van der Waals surface area contributed by atoms with E-state index >= 15 is 0 Å². The molecule has 1 N–H and O–H groups in total. The third kappa shape index (κ3) is 3.22. The van der Waals surface area contributed by atoms with E-state index in [9.17, 15) is 4.79 Å². The standard InChI is InChI=1S/C19H23N5O2/c1-2-23-8-7-21-18(23)17-16(4-3-9-26-17)19(25)22-10-14-5-6-15-11-20-13-24(15)12-14/h5-8,11-13,16-17H,2-4,9-10H2,1H3,(H,22,25)/t16-,17-/m1/s1. The molecule has 0 spiro atoms.